The average Bonchev–Trinajstić information content (AvgIpc) is 2.85. The van der Waals surface area contributed by atoms with E-state index in [4.69, 9.17) is 4.74 Å². The van der Waals surface area contributed by atoms with Crippen molar-refractivity contribution in [3.8, 4) is 0 Å². The number of pyridine rings is 1. The quantitative estimate of drug-likeness (QED) is 0.749. The summed E-state index contributed by atoms with van der Waals surface area (Å²) in [5.74, 6) is -0.864. The van der Waals surface area contributed by atoms with Crippen LogP contribution in [0.3, 0.4) is 0 Å². The van der Waals surface area contributed by atoms with Crippen LogP contribution in [0.2, 0.25) is 0 Å². The Morgan fingerprint density at radius 3 is 2.54 bits per heavy atom. The molecule has 2 rings (SSSR count). The molecule has 0 aliphatic rings. The maximum absolute atomic E-state index is 12.4. The highest BCUT2D eigenvalue weighted by Crippen LogP contribution is 2.21. The van der Waals surface area contributed by atoms with Crippen LogP contribution in [0.25, 0.3) is 11.0 Å². The highest BCUT2D eigenvalue weighted by Gasteiger charge is 2.25. The van der Waals surface area contributed by atoms with Crippen LogP contribution >= 0.6 is 0 Å². The van der Waals surface area contributed by atoms with E-state index >= 15 is 0 Å². The monoisotopic (exact) mass is 362 g/mol. The van der Waals surface area contributed by atoms with E-state index in [1.807, 2.05) is 27.7 Å². The molecule has 2 aromatic rings. The predicted octanol–water partition coefficient (Wildman–Crippen LogP) is 1.12. The summed E-state index contributed by atoms with van der Waals surface area (Å²) in [7, 11) is 3.06. The molecular weight excluding hydrogens is 336 g/mol. The first-order chi connectivity index (χ1) is 12.2. The Kier molecular flexibility index (Phi) is 5.84. The van der Waals surface area contributed by atoms with Crippen LogP contribution in [0, 0.1) is 19.8 Å². The van der Waals surface area contributed by atoms with E-state index in [0.717, 1.165) is 16.6 Å². The van der Waals surface area contributed by atoms with Crippen molar-refractivity contribution in [1.29, 1.82) is 0 Å². The number of aryl methyl sites for hydroxylation is 3. The molecule has 0 aromatic carbocycles. The largest absolute Gasteiger partial charge is 0.467 e. The van der Waals surface area contributed by atoms with Crippen molar-refractivity contribution in [2.75, 3.05) is 7.11 Å². The van der Waals surface area contributed by atoms with Gasteiger partial charge < -0.3 is 15.0 Å². The summed E-state index contributed by atoms with van der Waals surface area (Å²) >= 11 is 0. The van der Waals surface area contributed by atoms with E-state index in [-0.39, 0.29) is 30.2 Å². The molecule has 1 atom stereocenters. The van der Waals surface area contributed by atoms with Crippen molar-refractivity contribution in [3.05, 3.63) is 27.2 Å². The molecule has 2 heterocycles. The Balaban J connectivity index is 2.19. The van der Waals surface area contributed by atoms with Gasteiger partial charge in [-0.1, -0.05) is 13.8 Å². The highest BCUT2D eigenvalue weighted by atomic mass is 16.5. The van der Waals surface area contributed by atoms with E-state index in [1.54, 1.807) is 11.7 Å². The third kappa shape index (κ3) is 3.79. The maximum Gasteiger partial charge on any atom is 0.328 e. The molecule has 0 aliphatic heterocycles. The molecule has 1 unspecified atom stereocenters. The summed E-state index contributed by atoms with van der Waals surface area (Å²) in [6, 6.07) is -0.699. The van der Waals surface area contributed by atoms with Crippen molar-refractivity contribution < 1.29 is 14.3 Å². The highest BCUT2D eigenvalue weighted by molar-refractivity contribution is 5.85. The van der Waals surface area contributed by atoms with Gasteiger partial charge in [0.2, 0.25) is 5.91 Å². The van der Waals surface area contributed by atoms with Crippen molar-refractivity contribution in [1.82, 2.24) is 20.1 Å². The topological polar surface area (TPSA) is 106 Å². The number of amides is 1. The zero-order valence-electron chi connectivity index (χ0n) is 16.1. The fourth-order valence-electron chi connectivity index (χ4n) is 3.16. The molecule has 142 valence electrons. The predicted molar refractivity (Wildman–Crippen MR) is 97.9 cm³/mol. The van der Waals surface area contributed by atoms with Crippen LogP contribution in [0.1, 0.15) is 37.1 Å². The number of nitrogens with one attached hydrogen (secondary N) is 2. The van der Waals surface area contributed by atoms with Crippen LogP contribution in [0.15, 0.2) is 4.79 Å². The number of nitrogens with zero attached hydrogens (tertiary/aromatic N) is 2. The van der Waals surface area contributed by atoms with Crippen LogP contribution in [-0.2, 0) is 27.8 Å². The smallest absolute Gasteiger partial charge is 0.328 e. The van der Waals surface area contributed by atoms with Gasteiger partial charge >= 0.3 is 5.97 Å². The van der Waals surface area contributed by atoms with Crippen molar-refractivity contribution >= 4 is 22.9 Å². The molecule has 0 spiro atoms. The van der Waals surface area contributed by atoms with E-state index in [2.05, 4.69) is 15.4 Å². The van der Waals surface area contributed by atoms with Gasteiger partial charge in [-0.2, -0.15) is 5.10 Å². The van der Waals surface area contributed by atoms with Gasteiger partial charge in [-0.3, -0.25) is 14.3 Å². The molecule has 0 fully saturated rings. The van der Waals surface area contributed by atoms with Gasteiger partial charge in [-0.15, -0.1) is 0 Å². The second-order valence-corrected chi connectivity index (χ2v) is 6.80. The molecular formula is C18H26N4O4. The Hall–Kier alpha value is -2.64. The summed E-state index contributed by atoms with van der Waals surface area (Å²) in [6.07, 6.45) is 0.387. The second-order valence-electron chi connectivity index (χ2n) is 6.80. The summed E-state index contributed by atoms with van der Waals surface area (Å²) in [4.78, 5) is 39.3. The number of H-pyrrole nitrogens is 1. The fourth-order valence-corrected chi connectivity index (χ4v) is 3.16. The van der Waals surface area contributed by atoms with Crippen molar-refractivity contribution in [2.45, 2.75) is 46.6 Å². The molecule has 0 aliphatic carbocycles. The molecule has 0 radical (unpaired) electrons. The van der Waals surface area contributed by atoms with E-state index in [0.29, 0.717) is 11.2 Å². The Morgan fingerprint density at radius 1 is 1.31 bits per heavy atom. The molecule has 8 heteroatoms. The number of fused-ring (bicyclic) bond motifs is 1. The SMILES string of the molecule is COC(=O)C(NC(=O)CCc1c(C)c2c(C)nn(C)c2[nH]c1=O)C(C)C. The van der Waals surface area contributed by atoms with Gasteiger partial charge in [-0.25, -0.2) is 4.79 Å². The van der Waals surface area contributed by atoms with Crippen molar-refractivity contribution in [2.24, 2.45) is 13.0 Å². The number of rotatable bonds is 6. The Morgan fingerprint density at radius 2 is 1.96 bits per heavy atom. The first kappa shape index (κ1) is 19.7. The van der Waals surface area contributed by atoms with Crippen LogP contribution in [-0.4, -0.2) is 39.8 Å². The molecule has 1 amide bonds. The maximum atomic E-state index is 12.4. The number of aromatic nitrogens is 3. The molecule has 0 saturated heterocycles. The van der Waals surface area contributed by atoms with Crippen LogP contribution in [0.5, 0.6) is 0 Å². The fraction of sp³-hybridized carbons (Fsp3) is 0.556. The number of carbonyl (C=O) groups excluding carboxylic acids is 2. The number of methoxy groups -OCH3 is 1. The minimum atomic E-state index is -0.699. The zero-order valence-corrected chi connectivity index (χ0v) is 16.1. The first-order valence-corrected chi connectivity index (χ1v) is 8.59. The van der Waals surface area contributed by atoms with Gasteiger partial charge in [0.05, 0.1) is 12.8 Å². The van der Waals surface area contributed by atoms with Crippen LogP contribution < -0.4 is 10.9 Å². The minimum absolute atomic E-state index is 0.0917. The number of esters is 1. The summed E-state index contributed by atoms with van der Waals surface area (Å²) < 4.78 is 6.36. The van der Waals surface area contributed by atoms with E-state index in [9.17, 15) is 14.4 Å². The van der Waals surface area contributed by atoms with Gasteiger partial charge in [0.25, 0.3) is 5.56 Å². The number of aromatic amines is 1. The lowest BCUT2D eigenvalue weighted by atomic mass is 10.0. The first-order valence-electron chi connectivity index (χ1n) is 8.59. The average molecular weight is 362 g/mol. The van der Waals surface area contributed by atoms with Gasteiger partial charge in [-0.05, 0) is 31.7 Å². The third-order valence-corrected chi connectivity index (χ3v) is 4.60. The third-order valence-electron chi connectivity index (χ3n) is 4.60. The van der Waals surface area contributed by atoms with Gasteiger partial charge in [0.15, 0.2) is 0 Å². The lowest BCUT2D eigenvalue weighted by Gasteiger charge is -2.19. The van der Waals surface area contributed by atoms with Crippen LogP contribution in [0.4, 0.5) is 0 Å². The summed E-state index contributed by atoms with van der Waals surface area (Å²) in [6.45, 7) is 7.41. The van der Waals surface area contributed by atoms with Gasteiger partial charge in [0, 0.05) is 24.4 Å². The minimum Gasteiger partial charge on any atom is -0.467 e. The molecule has 2 N–H and O–H groups in total. The van der Waals surface area contributed by atoms with E-state index in [1.165, 1.54) is 7.11 Å². The molecule has 8 nitrogen and oxygen atoms in total. The molecule has 0 saturated carbocycles. The second kappa shape index (κ2) is 7.72. The molecule has 0 bridgehead atoms. The lowest BCUT2D eigenvalue weighted by molar-refractivity contribution is -0.146. The lowest BCUT2D eigenvalue weighted by Crippen LogP contribution is -2.45. The Bertz CT molecular complexity index is 895. The summed E-state index contributed by atoms with van der Waals surface area (Å²) in [5.41, 5.74) is 2.66. The Labute approximate surface area is 151 Å². The number of hydrogen-bond donors (Lipinski definition) is 2. The number of hydrogen-bond acceptors (Lipinski definition) is 5. The van der Waals surface area contributed by atoms with Crippen molar-refractivity contribution in [3.63, 3.8) is 0 Å². The molecule has 26 heavy (non-hydrogen) atoms. The standard InChI is InChI=1S/C18H26N4O4/c1-9(2)15(18(25)26-6)19-13(23)8-7-12-10(3)14-11(4)21-22(5)16(14)20-17(12)24/h9,15H,7-8H2,1-6H3,(H,19,23)(H,20,24). The normalized spacial score (nSPS) is 12.4. The number of ether oxygens (including phenoxy) is 1. The zero-order chi connectivity index (χ0) is 19.6. The molecule has 2 aromatic heterocycles. The van der Waals surface area contributed by atoms with Gasteiger partial charge in [0.1, 0.15) is 11.7 Å². The van der Waals surface area contributed by atoms with E-state index < -0.39 is 12.0 Å². The summed E-state index contributed by atoms with van der Waals surface area (Å²) in [5, 5.41) is 7.92. The number of carbonyl (C=O) groups is 2.